The number of nitrogens with zero attached hydrogens (tertiary/aromatic N) is 4. The third-order valence-corrected chi connectivity index (χ3v) is 4.93. The Morgan fingerprint density at radius 1 is 1.03 bits per heavy atom. The smallest absolute Gasteiger partial charge is 0.313 e. The highest BCUT2D eigenvalue weighted by Gasteiger charge is 2.25. The Labute approximate surface area is 182 Å². The van der Waals surface area contributed by atoms with Crippen molar-refractivity contribution in [2.75, 3.05) is 0 Å². The molecule has 1 fully saturated rings. The van der Waals surface area contributed by atoms with Gasteiger partial charge in [-0.2, -0.15) is 0 Å². The second-order valence-electron chi connectivity index (χ2n) is 7.24. The van der Waals surface area contributed by atoms with Crippen LogP contribution in [0.15, 0.2) is 60.7 Å². The van der Waals surface area contributed by atoms with Crippen molar-refractivity contribution in [3.8, 4) is 0 Å². The van der Waals surface area contributed by atoms with Gasteiger partial charge < -0.3 is 4.74 Å². The number of halogens is 2. The van der Waals surface area contributed by atoms with E-state index < -0.39 is 23.7 Å². The van der Waals surface area contributed by atoms with E-state index in [9.17, 15) is 18.4 Å². The van der Waals surface area contributed by atoms with Crippen molar-refractivity contribution in [1.82, 2.24) is 20.2 Å². The molecule has 4 rings (SSSR count). The molecule has 9 heteroatoms. The number of allylic oxidation sites excluding steroid dienone is 2. The van der Waals surface area contributed by atoms with E-state index in [1.807, 2.05) is 0 Å². The van der Waals surface area contributed by atoms with Crippen LogP contribution in [0.25, 0.3) is 11.1 Å². The lowest BCUT2D eigenvalue weighted by molar-refractivity contribution is -0.154. The molecule has 1 aromatic heterocycles. The van der Waals surface area contributed by atoms with Gasteiger partial charge in [0, 0.05) is 19.0 Å². The summed E-state index contributed by atoms with van der Waals surface area (Å²) in [5, 5.41) is 11.7. The Bertz CT molecular complexity index is 1150. The van der Waals surface area contributed by atoms with Gasteiger partial charge in [-0.25, -0.2) is 13.5 Å². The predicted molar refractivity (Wildman–Crippen MR) is 111 cm³/mol. The summed E-state index contributed by atoms with van der Waals surface area (Å²) in [6, 6.07) is 11.6. The van der Waals surface area contributed by atoms with Crippen LogP contribution >= 0.6 is 0 Å². The van der Waals surface area contributed by atoms with Gasteiger partial charge in [-0.15, -0.1) is 5.10 Å². The van der Waals surface area contributed by atoms with E-state index in [4.69, 9.17) is 4.74 Å². The van der Waals surface area contributed by atoms with Crippen molar-refractivity contribution in [2.45, 2.75) is 18.9 Å². The zero-order valence-corrected chi connectivity index (χ0v) is 17.0. The molecule has 7 nitrogen and oxygen atoms in total. The van der Waals surface area contributed by atoms with Crippen molar-refractivity contribution < 1.29 is 23.1 Å². The molecule has 0 radical (unpaired) electrons. The molecular formula is C23H18F2N4O3. The fraction of sp³-hybridized carbons (Fsp3) is 0.174. The Morgan fingerprint density at radius 3 is 2.12 bits per heavy atom. The van der Waals surface area contributed by atoms with Crippen molar-refractivity contribution in [1.29, 1.82) is 0 Å². The predicted octanol–water partition coefficient (Wildman–Crippen LogP) is 3.28. The first kappa shape index (κ1) is 21.2. The number of tetrazole rings is 1. The number of carbonyl (C=O) groups excluding carboxylic acids is 2. The van der Waals surface area contributed by atoms with E-state index in [-0.39, 0.29) is 18.6 Å². The van der Waals surface area contributed by atoms with Gasteiger partial charge in [0.25, 0.3) is 0 Å². The zero-order chi connectivity index (χ0) is 22.7. The summed E-state index contributed by atoms with van der Waals surface area (Å²) in [6.07, 6.45) is 2.34. The highest BCUT2D eigenvalue weighted by molar-refractivity contribution is 6.01. The maximum atomic E-state index is 13.6. The quantitative estimate of drug-likeness (QED) is 0.347. The van der Waals surface area contributed by atoms with Gasteiger partial charge >= 0.3 is 5.97 Å². The zero-order valence-electron chi connectivity index (χ0n) is 17.0. The molecule has 0 amide bonds. The van der Waals surface area contributed by atoms with Crippen LogP contribution in [0, 0.1) is 11.6 Å². The van der Waals surface area contributed by atoms with Crippen LogP contribution in [0.3, 0.4) is 0 Å². The molecule has 0 spiro atoms. The molecule has 2 heterocycles. The first-order valence-electron chi connectivity index (χ1n) is 9.79. The van der Waals surface area contributed by atoms with Gasteiger partial charge in [0.05, 0.1) is 0 Å². The van der Waals surface area contributed by atoms with Crippen LogP contribution in [0.1, 0.15) is 29.8 Å². The lowest BCUT2D eigenvalue weighted by Gasteiger charge is -2.19. The summed E-state index contributed by atoms with van der Waals surface area (Å²) in [4.78, 5) is 23.5. The highest BCUT2D eigenvalue weighted by Crippen LogP contribution is 2.33. The number of benzene rings is 2. The van der Waals surface area contributed by atoms with Crippen molar-refractivity contribution in [2.24, 2.45) is 7.05 Å². The summed E-state index contributed by atoms with van der Waals surface area (Å²) in [7, 11) is 1.65. The fourth-order valence-corrected chi connectivity index (χ4v) is 3.46. The SMILES string of the molecule is Cn1nnnc1C(/C=C/C1CC(=O)CC(=O)O1)=C(c1ccc(F)cc1)c1ccc(F)cc1. The Morgan fingerprint density at radius 2 is 1.62 bits per heavy atom. The number of carbonyl (C=O) groups is 2. The van der Waals surface area contributed by atoms with E-state index in [0.717, 1.165) is 0 Å². The number of aryl methyl sites for hydroxylation is 1. The third kappa shape index (κ3) is 4.66. The van der Waals surface area contributed by atoms with E-state index >= 15 is 0 Å². The first-order valence-corrected chi connectivity index (χ1v) is 9.79. The number of esters is 1. The fourth-order valence-electron chi connectivity index (χ4n) is 3.46. The number of Topliss-reactive ketones (excluding diaryl/α,β-unsaturated/α-hetero) is 1. The minimum absolute atomic E-state index is 0.0645. The molecule has 1 aliphatic heterocycles. The highest BCUT2D eigenvalue weighted by atomic mass is 19.1. The number of ether oxygens (including phenoxy) is 1. The maximum Gasteiger partial charge on any atom is 0.313 e. The largest absolute Gasteiger partial charge is 0.457 e. The number of aromatic nitrogens is 4. The second-order valence-corrected chi connectivity index (χ2v) is 7.24. The lowest BCUT2D eigenvalue weighted by Crippen LogP contribution is -2.28. The summed E-state index contributed by atoms with van der Waals surface area (Å²) in [5.74, 6) is -1.23. The number of ketones is 1. The molecule has 1 atom stereocenters. The number of hydrogen-bond acceptors (Lipinski definition) is 6. The molecule has 0 aliphatic carbocycles. The molecule has 1 saturated heterocycles. The number of rotatable bonds is 5. The van der Waals surface area contributed by atoms with Crippen LogP contribution in [0.5, 0.6) is 0 Å². The maximum absolute atomic E-state index is 13.6. The molecule has 1 aliphatic rings. The van der Waals surface area contributed by atoms with Crippen LogP contribution < -0.4 is 0 Å². The van der Waals surface area contributed by atoms with Gasteiger partial charge in [-0.05, 0) is 57.5 Å². The van der Waals surface area contributed by atoms with Crippen LogP contribution in [-0.2, 0) is 21.4 Å². The average Bonchev–Trinajstić information content (AvgIpc) is 3.18. The van der Waals surface area contributed by atoms with Gasteiger partial charge in [-0.3, -0.25) is 9.59 Å². The van der Waals surface area contributed by atoms with E-state index in [2.05, 4.69) is 15.5 Å². The minimum Gasteiger partial charge on any atom is -0.457 e. The minimum atomic E-state index is -0.734. The normalized spacial score (nSPS) is 16.3. The third-order valence-electron chi connectivity index (χ3n) is 4.93. The van der Waals surface area contributed by atoms with E-state index in [1.165, 1.54) is 28.9 Å². The topological polar surface area (TPSA) is 87.0 Å². The lowest BCUT2D eigenvalue weighted by atomic mass is 9.91. The molecule has 32 heavy (non-hydrogen) atoms. The standard InChI is InChI=1S/C23H18F2N4O3/c1-29-23(26-27-28-29)20(11-10-19-12-18(30)13-21(31)32-19)22(14-2-6-16(24)7-3-14)15-4-8-17(25)9-5-15/h2-11,19H,12-13H2,1H3/b11-10+. The molecule has 2 aromatic carbocycles. The van der Waals surface area contributed by atoms with Gasteiger partial charge in [0.2, 0.25) is 0 Å². The summed E-state index contributed by atoms with van der Waals surface area (Å²) < 4.78 is 33.9. The molecule has 3 aromatic rings. The van der Waals surface area contributed by atoms with Crippen molar-refractivity contribution in [3.05, 3.63) is 89.3 Å². The summed E-state index contributed by atoms with van der Waals surface area (Å²) >= 11 is 0. The Hall–Kier alpha value is -4.01. The van der Waals surface area contributed by atoms with Crippen molar-refractivity contribution >= 4 is 22.9 Å². The van der Waals surface area contributed by atoms with Gasteiger partial charge in [-0.1, -0.05) is 30.3 Å². The van der Waals surface area contributed by atoms with Crippen LogP contribution in [0.4, 0.5) is 8.78 Å². The Kier molecular flexibility index (Phi) is 5.98. The number of cyclic esters (lactones) is 1. The van der Waals surface area contributed by atoms with Crippen molar-refractivity contribution in [3.63, 3.8) is 0 Å². The van der Waals surface area contributed by atoms with E-state index in [1.54, 1.807) is 43.5 Å². The molecule has 0 saturated carbocycles. The molecular weight excluding hydrogens is 418 g/mol. The van der Waals surface area contributed by atoms with Gasteiger partial charge in [0.15, 0.2) is 5.82 Å². The summed E-state index contributed by atoms with van der Waals surface area (Å²) in [6.45, 7) is 0. The average molecular weight is 436 g/mol. The second kappa shape index (κ2) is 9.01. The molecule has 1 unspecified atom stereocenters. The summed E-state index contributed by atoms with van der Waals surface area (Å²) in [5.41, 5.74) is 2.40. The molecule has 0 N–H and O–H groups in total. The molecule has 0 bridgehead atoms. The first-order chi connectivity index (χ1) is 15.4. The van der Waals surface area contributed by atoms with Crippen LogP contribution in [0.2, 0.25) is 0 Å². The molecule has 162 valence electrons. The number of hydrogen-bond donors (Lipinski definition) is 0. The van der Waals surface area contributed by atoms with Gasteiger partial charge in [0.1, 0.15) is 29.9 Å². The van der Waals surface area contributed by atoms with E-state index in [0.29, 0.717) is 28.1 Å². The monoisotopic (exact) mass is 436 g/mol. The Balaban J connectivity index is 1.91. The van der Waals surface area contributed by atoms with Crippen LogP contribution in [-0.4, -0.2) is 38.1 Å².